The fraction of sp³-hybridized carbons (Fsp3) is 0.278. The van der Waals surface area contributed by atoms with Gasteiger partial charge in [0.1, 0.15) is 5.69 Å². The first kappa shape index (κ1) is 17.8. The van der Waals surface area contributed by atoms with Crippen molar-refractivity contribution >= 4 is 45.7 Å². The van der Waals surface area contributed by atoms with Crippen LogP contribution in [-0.4, -0.2) is 29.0 Å². The number of fused-ring (bicyclic) bond motifs is 1. The van der Waals surface area contributed by atoms with Crippen molar-refractivity contribution in [1.82, 2.24) is 15.3 Å². The summed E-state index contributed by atoms with van der Waals surface area (Å²) >= 11 is 1.57. The first-order valence-corrected chi connectivity index (χ1v) is 8.95. The first-order valence-electron chi connectivity index (χ1n) is 8.13. The van der Waals surface area contributed by atoms with Gasteiger partial charge in [-0.1, -0.05) is 24.3 Å². The predicted octanol–water partition coefficient (Wildman–Crippen LogP) is 3.83. The lowest BCUT2D eigenvalue weighted by atomic mass is 9.97. The van der Waals surface area contributed by atoms with Crippen molar-refractivity contribution in [2.75, 3.05) is 18.4 Å². The second-order valence-corrected chi connectivity index (χ2v) is 7.00. The van der Waals surface area contributed by atoms with E-state index in [1.165, 1.54) is 4.88 Å². The number of thiazole rings is 1. The van der Waals surface area contributed by atoms with Gasteiger partial charge in [-0.05, 0) is 44.0 Å². The molecule has 0 bridgehead atoms. The first-order chi connectivity index (χ1) is 11.8. The molecule has 7 heteroatoms. The van der Waals surface area contributed by atoms with E-state index in [-0.39, 0.29) is 18.3 Å². The Hall–Kier alpha value is -2.02. The van der Waals surface area contributed by atoms with E-state index in [9.17, 15) is 4.79 Å². The number of nitrogens with zero attached hydrogens (tertiary/aromatic N) is 2. The van der Waals surface area contributed by atoms with Crippen LogP contribution in [0.1, 0.15) is 34.1 Å². The topological polar surface area (TPSA) is 66.9 Å². The Morgan fingerprint density at radius 2 is 1.96 bits per heavy atom. The van der Waals surface area contributed by atoms with Crippen molar-refractivity contribution in [3.63, 3.8) is 0 Å². The van der Waals surface area contributed by atoms with E-state index < -0.39 is 0 Å². The molecule has 5 nitrogen and oxygen atoms in total. The molecule has 2 N–H and O–H groups in total. The number of benzene rings is 1. The molecule has 130 valence electrons. The van der Waals surface area contributed by atoms with Crippen LogP contribution in [0.3, 0.4) is 0 Å². The van der Waals surface area contributed by atoms with Crippen LogP contribution in [0.25, 0.3) is 10.9 Å². The smallest absolute Gasteiger partial charge is 0.276 e. The second-order valence-electron chi connectivity index (χ2n) is 5.94. The fourth-order valence-corrected chi connectivity index (χ4v) is 3.97. The van der Waals surface area contributed by atoms with Crippen LogP contribution in [0.15, 0.2) is 42.6 Å². The number of rotatable bonds is 3. The Labute approximate surface area is 156 Å². The van der Waals surface area contributed by atoms with E-state index in [1.54, 1.807) is 17.4 Å². The number of aromatic nitrogens is 2. The van der Waals surface area contributed by atoms with E-state index in [0.717, 1.165) is 36.8 Å². The van der Waals surface area contributed by atoms with E-state index in [4.69, 9.17) is 0 Å². The lowest BCUT2D eigenvalue weighted by molar-refractivity contribution is 0.102. The third-order valence-electron chi connectivity index (χ3n) is 4.32. The molecule has 0 aliphatic carbocycles. The van der Waals surface area contributed by atoms with E-state index in [1.807, 2.05) is 36.5 Å². The number of piperidine rings is 1. The summed E-state index contributed by atoms with van der Waals surface area (Å²) in [5.74, 6) is 0.333. The highest BCUT2D eigenvalue weighted by molar-refractivity contribution is 7.15. The van der Waals surface area contributed by atoms with Gasteiger partial charge in [-0.3, -0.25) is 10.1 Å². The van der Waals surface area contributed by atoms with Gasteiger partial charge in [-0.25, -0.2) is 9.97 Å². The molecule has 3 aromatic rings. The van der Waals surface area contributed by atoms with Gasteiger partial charge >= 0.3 is 0 Å². The summed E-state index contributed by atoms with van der Waals surface area (Å²) in [5.41, 5.74) is 1.23. The molecular formula is C18H19ClN4OS. The van der Waals surface area contributed by atoms with Crippen LogP contribution < -0.4 is 10.6 Å². The third-order valence-corrected chi connectivity index (χ3v) is 5.39. The van der Waals surface area contributed by atoms with Crippen molar-refractivity contribution in [2.24, 2.45) is 0 Å². The zero-order chi connectivity index (χ0) is 16.4. The summed E-state index contributed by atoms with van der Waals surface area (Å²) in [4.78, 5) is 22.5. The molecule has 1 aromatic carbocycles. The lowest BCUT2D eigenvalue weighted by Gasteiger charge is -2.20. The molecule has 2 aromatic heterocycles. The van der Waals surface area contributed by atoms with Crippen LogP contribution >= 0.6 is 23.7 Å². The number of para-hydroxylation sites is 1. The molecule has 0 atom stereocenters. The fourth-order valence-electron chi connectivity index (χ4n) is 2.99. The van der Waals surface area contributed by atoms with Crippen molar-refractivity contribution in [3.05, 3.63) is 53.2 Å². The number of pyridine rings is 1. The molecule has 0 spiro atoms. The number of halogens is 1. The van der Waals surface area contributed by atoms with Crippen molar-refractivity contribution in [1.29, 1.82) is 0 Å². The maximum atomic E-state index is 12.4. The molecule has 1 saturated heterocycles. The molecule has 1 amide bonds. The van der Waals surface area contributed by atoms with Gasteiger partial charge in [0.05, 0.1) is 5.52 Å². The average Bonchev–Trinajstić information content (AvgIpc) is 3.10. The maximum absolute atomic E-state index is 12.4. The highest BCUT2D eigenvalue weighted by Gasteiger charge is 2.18. The zero-order valence-corrected chi connectivity index (χ0v) is 15.2. The highest BCUT2D eigenvalue weighted by Crippen LogP contribution is 2.31. The molecule has 25 heavy (non-hydrogen) atoms. The summed E-state index contributed by atoms with van der Waals surface area (Å²) in [6.07, 6.45) is 4.15. The largest absolute Gasteiger partial charge is 0.317 e. The highest BCUT2D eigenvalue weighted by atomic mass is 35.5. The minimum atomic E-state index is -0.216. The average molecular weight is 375 g/mol. The Morgan fingerprint density at radius 3 is 2.80 bits per heavy atom. The molecule has 1 aliphatic heterocycles. The van der Waals surface area contributed by atoms with Gasteiger partial charge < -0.3 is 5.32 Å². The number of anilines is 1. The summed E-state index contributed by atoms with van der Waals surface area (Å²) in [5, 5.41) is 7.91. The molecule has 0 unspecified atom stereocenters. The summed E-state index contributed by atoms with van der Waals surface area (Å²) in [7, 11) is 0. The van der Waals surface area contributed by atoms with Crippen molar-refractivity contribution in [3.8, 4) is 0 Å². The Kier molecular flexibility index (Phi) is 5.63. The SMILES string of the molecule is Cl.O=C(Nc1ncc(C2CCNCC2)s1)c1ccc2ccccc2n1. The van der Waals surface area contributed by atoms with Gasteiger partial charge in [-0.2, -0.15) is 0 Å². The number of hydrogen-bond acceptors (Lipinski definition) is 5. The van der Waals surface area contributed by atoms with Gasteiger partial charge in [0, 0.05) is 16.5 Å². The van der Waals surface area contributed by atoms with Crippen molar-refractivity contribution in [2.45, 2.75) is 18.8 Å². The standard InChI is InChI=1S/C18H18N4OS.ClH/c23-17(15-6-5-12-3-1-2-4-14(12)21-15)22-18-20-11-16(24-18)13-7-9-19-10-8-13;/h1-6,11,13,19H,7-10H2,(H,20,22,23);1H. The Balaban J connectivity index is 0.00000182. The third kappa shape index (κ3) is 3.98. The maximum Gasteiger partial charge on any atom is 0.276 e. The van der Waals surface area contributed by atoms with Crippen LogP contribution in [0.5, 0.6) is 0 Å². The number of carbonyl (C=O) groups is 1. The predicted molar refractivity (Wildman–Crippen MR) is 104 cm³/mol. The summed E-state index contributed by atoms with van der Waals surface area (Å²) in [6.45, 7) is 2.09. The Bertz CT molecular complexity index is 876. The van der Waals surface area contributed by atoms with Gasteiger partial charge in [0.15, 0.2) is 5.13 Å². The number of amides is 1. The molecule has 0 radical (unpaired) electrons. The molecular weight excluding hydrogens is 356 g/mol. The molecule has 3 heterocycles. The summed E-state index contributed by atoms with van der Waals surface area (Å²) < 4.78 is 0. The quantitative estimate of drug-likeness (QED) is 0.731. The number of nitrogens with one attached hydrogen (secondary N) is 2. The lowest BCUT2D eigenvalue weighted by Crippen LogP contribution is -2.26. The van der Waals surface area contributed by atoms with Gasteiger partial charge in [-0.15, -0.1) is 23.7 Å². The number of carbonyl (C=O) groups excluding carboxylic acids is 1. The van der Waals surface area contributed by atoms with E-state index in [0.29, 0.717) is 16.7 Å². The van der Waals surface area contributed by atoms with E-state index >= 15 is 0 Å². The minimum absolute atomic E-state index is 0. The van der Waals surface area contributed by atoms with E-state index in [2.05, 4.69) is 20.6 Å². The second kappa shape index (κ2) is 7.91. The van der Waals surface area contributed by atoms with Gasteiger partial charge in [0.2, 0.25) is 0 Å². The van der Waals surface area contributed by atoms with Crippen LogP contribution in [-0.2, 0) is 0 Å². The monoisotopic (exact) mass is 374 g/mol. The molecule has 0 saturated carbocycles. The Morgan fingerprint density at radius 1 is 1.16 bits per heavy atom. The van der Waals surface area contributed by atoms with Crippen LogP contribution in [0.2, 0.25) is 0 Å². The molecule has 1 fully saturated rings. The summed E-state index contributed by atoms with van der Waals surface area (Å²) in [6, 6.07) is 11.4. The molecule has 1 aliphatic rings. The zero-order valence-electron chi connectivity index (χ0n) is 13.6. The van der Waals surface area contributed by atoms with Crippen LogP contribution in [0.4, 0.5) is 5.13 Å². The molecule has 4 rings (SSSR count). The van der Waals surface area contributed by atoms with Gasteiger partial charge in [0.25, 0.3) is 5.91 Å². The number of hydrogen-bond donors (Lipinski definition) is 2. The van der Waals surface area contributed by atoms with Crippen molar-refractivity contribution < 1.29 is 4.79 Å². The van der Waals surface area contributed by atoms with Crippen LogP contribution in [0, 0.1) is 0 Å². The minimum Gasteiger partial charge on any atom is -0.317 e. The normalized spacial score (nSPS) is 14.9.